The largest absolute Gasteiger partial charge is 0.286 e. The maximum absolute atomic E-state index is 11.7. The molecule has 2 aliphatic rings. The van der Waals surface area contributed by atoms with Crippen LogP contribution in [-0.2, 0) is 9.59 Å². The number of amides is 1. The van der Waals surface area contributed by atoms with Crippen molar-refractivity contribution in [2.24, 2.45) is 0 Å². The van der Waals surface area contributed by atoms with E-state index in [-0.39, 0.29) is 16.4 Å². The van der Waals surface area contributed by atoms with Crippen molar-refractivity contribution in [3.8, 4) is 0 Å². The average molecular weight is 241 g/mol. The number of thiol groups is 1. The van der Waals surface area contributed by atoms with Crippen LogP contribution in [0.5, 0.6) is 0 Å². The highest BCUT2D eigenvalue weighted by Crippen LogP contribution is 2.50. The molecule has 2 aliphatic heterocycles. The highest BCUT2D eigenvalue weighted by atomic mass is 32.2. The summed E-state index contributed by atoms with van der Waals surface area (Å²) in [5.41, 5.74) is 1.27. The zero-order valence-corrected chi connectivity index (χ0v) is 10.2. The van der Waals surface area contributed by atoms with Gasteiger partial charge in [-0.1, -0.05) is 37.4 Å². The molecule has 0 saturated carbocycles. The Morgan fingerprint density at radius 3 is 2.80 bits per heavy atom. The molecule has 1 fully saturated rings. The van der Waals surface area contributed by atoms with E-state index in [2.05, 4.69) is 12.6 Å². The number of β-lactam (4-membered cyclic amide) rings is 1. The van der Waals surface area contributed by atoms with Crippen LogP contribution in [0.15, 0.2) is 22.3 Å². The van der Waals surface area contributed by atoms with Gasteiger partial charge in [0.05, 0.1) is 0 Å². The molecule has 15 heavy (non-hydrogen) atoms. The van der Waals surface area contributed by atoms with Crippen LogP contribution in [0.25, 0.3) is 0 Å². The maximum Gasteiger partial charge on any atom is 0.258 e. The summed E-state index contributed by atoms with van der Waals surface area (Å²) < 4.78 is 0. The minimum atomic E-state index is -0.314. The van der Waals surface area contributed by atoms with Crippen molar-refractivity contribution in [2.75, 3.05) is 0 Å². The Kier molecular flexibility index (Phi) is 2.68. The molecular weight excluding hydrogens is 230 g/mol. The molecule has 0 radical (unpaired) electrons. The maximum atomic E-state index is 11.7. The van der Waals surface area contributed by atoms with E-state index in [1.165, 1.54) is 0 Å². The van der Waals surface area contributed by atoms with Crippen molar-refractivity contribution < 1.29 is 9.59 Å². The van der Waals surface area contributed by atoms with E-state index in [0.717, 1.165) is 16.9 Å². The molecule has 0 aromatic rings. The topological polar surface area (TPSA) is 37.4 Å². The summed E-state index contributed by atoms with van der Waals surface area (Å²) in [4.78, 5) is 25.5. The van der Waals surface area contributed by atoms with E-state index in [1.54, 1.807) is 16.7 Å². The zero-order chi connectivity index (χ0) is 11.2. The summed E-state index contributed by atoms with van der Waals surface area (Å²) in [6.07, 6.45) is 2.58. The summed E-state index contributed by atoms with van der Waals surface area (Å²) in [7, 11) is 0. The number of allylic oxidation sites excluding steroid dienone is 2. The molecule has 0 bridgehead atoms. The van der Waals surface area contributed by atoms with Crippen LogP contribution in [0, 0.1) is 0 Å². The number of hydrogen-bond donors (Lipinski definition) is 1. The molecule has 1 saturated heterocycles. The smallest absolute Gasteiger partial charge is 0.258 e. The van der Waals surface area contributed by atoms with Gasteiger partial charge in [0.1, 0.15) is 11.1 Å². The van der Waals surface area contributed by atoms with Crippen LogP contribution in [0.2, 0.25) is 0 Å². The second kappa shape index (κ2) is 3.72. The molecule has 2 rings (SSSR count). The lowest BCUT2D eigenvalue weighted by molar-refractivity contribution is -0.132. The molecule has 0 aromatic carbocycles. The number of hydrogen-bond acceptors (Lipinski definition) is 3. The van der Waals surface area contributed by atoms with Crippen LogP contribution < -0.4 is 0 Å². The SMILES string of the molecule is C/C=C1\C(=O)N2C(C(=O)S)=C(CC)S[C@H]12. The van der Waals surface area contributed by atoms with E-state index in [4.69, 9.17) is 0 Å². The van der Waals surface area contributed by atoms with Gasteiger partial charge < -0.3 is 0 Å². The fourth-order valence-electron chi connectivity index (χ4n) is 1.82. The second-order valence-corrected chi connectivity index (χ2v) is 4.90. The van der Waals surface area contributed by atoms with Gasteiger partial charge >= 0.3 is 0 Å². The molecule has 0 unspecified atom stereocenters. The normalized spacial score (nSPS) is 27.1. The Labute approximate surface area is 98.0 Å². The van der Waals surface area contributed by atoms with Gasteiger partial charge in [0.15, 0.2) is 0 Å². The van der Waals surface area contributed by atoms with Crippen LogP contribution in [0.4, 0.5) is 0 Å². The molecule has 1 atom stereocenters. The Balaban J connectivity index is 2.38. The van der Waals surface area contributed by atoms with Gasteiger partial charge in [-0.25, -0.2) is 0 Å². The first-order valence-corrected chi connectivity index (χ1v) is 6.07. The number of nitrogens with zero attached hydrogens (tertiary/aromatic N) is 1. The van der Waals surface area contributed by atoms with Crippen molar-refractivity contribution in [1.29, 1.82) is 0 Å². The minimum absolute atomic E-state index is 0.0172. The summed E-state index contributed by atoms with van der Waals surface area (Å²) in [6, 6.07) is 0. The Hall–Kier alpha value is -0.680. The van der Waals surface area contributed by atoms with Gasteiger partial charge in [-0.2, -0.15) is 0 Å². The first kappa shape index (κ1) is 10.8. The molecule has 5 heteroatoms. The van der Waals surface area contributed by atoms with Gasteiger partial charge in [-0.05, 0) is 13.3 Å². The van der Waals surface area contributed by atoms with E-state index in [1.807, 2.05) is 19.9 Å². The lowest BCUT2D eigenvalue weighted by Crippen LogP contribution is -2.50. The van der Waals surface area contributed by atoms with E-state index < -0.39 is 0 Å². The van der Waals surface area contributed by atoms with Gasteiger partial charge in [0, 0.05) is 10.5 Å². The van der Waals surface area contributed by atoms with Crippen LogP contribution in [0.3, 0.4) is 0 Å². The molecule has 3 nitrogen and oxygen atoms in total. The molecule has 0 spiro atoms. The van der Waals surface area contributed by atoms with Gasteiger partial charge in [-0.3, -0.25) is 14.5 Å². The average Bonchev–Trinajstić information content (AvgIpc) is 2.53. The quantitative estimate of drug-likeness (QED) is 0.456. The van der Waals surface area contributed by atoms with E-state index >= 15 is 0 Å². The van der Waals surface area contributed by atoms with E-state index in [0.29, 0.717) is 5.70 Å². The van der Waals surface area contributed by atoms with Crippen molar-refractivity contribution >= 4 is 35.4 Å². The first-order chi connectivity index (χ1) is 7.11. The fraction of sp³-hybridized carbons (Fsp3) is 0.400. The van der Waals surface area contributed by atoms with Crippen molar-refractivity contribution in [2.45, 2.75) is 25.6 Å². The molecule has 0 aliphatic carbocycles. The standard InChI is InChI=1S/C10H11NO2S2/c1-3-5-8(12)11-7(10(13)14)6(4-2)15-9(5)11/h3,9H,4H2,1-2H3,(H,13,14)/b5-3+/t9-/m1/s1. The predicted octanol–water partition coefficient (Wildman–Crippen LogP) is 1.93. The number of thioether (sulfide) groups is 1. The Morgan fingerprint density at radius 1 is 1.67 bits per heavy atom. The highest BCUT2D eigenvalue weighted by molar-refractivity contribution is 8.04. The summed E-state index contributed by atoms with van der Waals surface area (Å²) in [5.74, 6) is -0.0594. The molecule has 2 heterocycles. The van der Waals surface area contributed by atoms with Crippen molar-refractivity contribution in [3.05, 3.63) is 22.3 Å². The van der Waals surface area contributed by atoms with Gasteiger partial charge in [-0.15, -0.1) is 0 Å². The molecule has 0 N–H and O–H groups in total. The summed E-state index contributed by atoms with van der Waals surface area (Å²) in [6.45, 7) is 3.82. The second-order valence-electron chi connectivity index (χ2n) is 3.32. The lowest BCUT2D eigenvalue weighted by atomic mass is 10.1. The number of fused-ring (bicyclic) bond motifs is 1. The number of carbonyl (C=O) groups excluding carboxylic acids is 2. The number of rotatable bonds is 2. The van der Waals surface area contributed by atoms with Crippen LogP contribution >= 0.6 is 24.4 Å². The molecule has 80 valence electrons. The number of carbonyl (C=O) groups is 2. The lowest BCUT2D eigenvalue weighted by Gasteiger charge is -2.37. The highest BCUT2D eigenvalue weighted by Gasteiger charge is 2.50. The van der Waals surface area contributed by atoms with Crippen molar-refractivity contribution in [1.82, 2.24) is 4.90 Å². The molecule has 1 amide bonds. The van der Waals surface area contributed by atoms with Gasteiger partial charge in [0.25, 0.3) is 5.91 Å². The Morgan fingerprint density at radius 2 is 2.33 bits per heavy atom. The zero-order valence-electron chi connectivity index (χ0n) is 8.48. The summed E-state index contributed by atoms with van der Waals surface area (Å²) in [5, 5.41) is -0.297. The third-order valence-corrected chi connectivity index (χ3v) is 4.23. The fourth-order valence-corrected chi connectivity index (χ4v) is 3.55. The first-order valence-electron chi connectivity index (χ1n) is 4.74. The third kappa shape index (κ3) is 1.37. The molecule has 0 aromatic heterocycles. The van der Waals surface area contributed by atoms with E-state index in [9.17, 15) is 9.59 Å². The Bertz CT molecular complexity index is 412. The molecular formula is C10H11NO2S2. The van der Waals surface area contributed by atoms with Crippen molar-refractivity contribution in [3.63, 3.8) is 0 Å². The van der Waals surface area contributed by atoms with Crippen LogP contribution in [-0.4, -0.2) is 21.3 Å². The van der Waals surface area contributed by atoms with Gasteiger partial charge in [0.2, 0.25) is 5.12 Å². The third-order valence-electron chi connectivity index (χ3n) is 2.56. The summed E-state index contributed by atoms with van der Waals surface area (Å²) >= 11 is 5.40. The monoisotopic (exact) mass is 241 g/mol. The predicted molar refractivity (Wildman–Crippen MR) is 63.3 cm³/mol. The minimum Gasteiger partial charge on any atom is -0.286 e. The van der Waals surface area contributed by atoms with Crippen LogP contribution in [0.1, 0.15) is 20.3 Å².